The molecule has 0 fully saturated rings. The van der Waals surface area contributed by atoms with Gasteiger partial charge in [0.1, 0.15) is 0 Å². The van der Waals surface area contributed by atoms with Crippen LogP contribution in [0.4, 0.5) is 24.5 Å². The third-order valence-corrected chi connectivity index (χ3v) is 4.17. The Labute approximate surface area is 138 Å². The predicted molar refractivity (Wildman–Crippen MR) is 87.0 cm³/mol. The number of halogens is 3. The van der Waals surface area contributed by atoms with E-state index in [0.29, 0.717) is 0 Å². The highest BCUT2D eigenvalue weighted by molar-refractivity contribution is 5.95. The van der Waals surface area contributed by atoms with E-state index in [1.165, 1.54) is 18.2 Å². The van der Waals surface area contributed by atoms with Gasteiger partial charge in [0.05, 0.1) is 17.8 Å². The lowest BCUT2D eigenvalue weighted by atomic mass is 10.1. The smallest absolute Gasteiger partial charge is 0.359 e. The Balaban J connectivity index is 1.76. The van der Waals surface area contributed by atoms with Crippen LogP contribution in [0.2, 0.25) is 0 Å². The SMILES string of the molecule is C[C@H]1Cc2ccccc2N1CC(=O)Nc1ccccc1C(F)(F)F. The minimum Gasteiger partial charge on any atom is -0.359 e. The van der Waals surface area contributed by atoms with Crippen LogP contribution in [-0.2, 0) is 17.4 Å². The summed E-state index contributed by atoms with van der Waals surface area (Å²) in [6, 6.07) is 12.9. The minimum absolute atomic E-state index is 0.0182. The van der Waals surface area contributed by atoms with Crippen LogP contribution in [0.1, 0.15) is 18.1 Å². The van der Waals surface area contributed by atoms with Crippen LogP contribution in [-0.4, -0.2) is 18.5 Å². The fourth-order valence-electron chi connectivity index (χ4n) is 3.05. The molecule has 0 radical (unpaired) electrons. The zero-order valence-electron chi connectivity index (χ0n) is 13.1. The van der Waals surface area contributed by atoms with E-state index in [1.54, 1.807) is 0 Å². The number of alkyl halides is 3. The summed E-state index contributed by atoms with van der Waals surface area (Å²) >= 11 is 0. The van der Waals surface area contributed by atoms with Crippen molar-refractivity contribution in [1.82, 2.24) is 0 Å². The van der Waals surface area contributed by atoms with E-state index in [-0.39, 0.29) is 18.3 Å². The maximum atomic E-state index is 13.0. The van der Waals surface area contributed by atoms with Gasteiger partial charge >= 0.3 is 6.18 Å². The quantitative estimate of drug-likeness (QED) is 0.917. The molecule has 126 valence electrons. The van der Waals surface area contributed by atoms with Gasteiger partial charge in [-0.2, -0.15) is 13.2 Å². The average molecular weight is 334 g/mol. The first-order valence-corrected chi connectivity index (χ1v) is 7.67. The molecule has 0 bridgehead atoms. The Morgan fingerprint density at radius 2 is 1.83 bits per heavy atom. The molecular formula is C18H17F3N2O. The first-order valence-electron chi connectivity index (χ1n) is 7.67. The van der Waals surface area contributed by atoms with Gasteiger partial charge in [0.2, 0.25) is 5.91 Å². The van der Waals surface area contributed by atoms with Crippen LogP contribution in [0.25, 0.3) is 0 Å². The summed E-state index contributed by atoms with van der Waals surface area (Å²) in [4.78, 5) is 14.2. The molecule has 1 aliphatic rings. The van der Waals surface area contributed by atoms with Crippen molar-refractivity contribution < 1.29 is 18.0 Å². The molecule has 0 saturated carbocycles. The lowest BCUT2D eigenvalue weighted by Crippen LogP contribution is -2.37. The van der Waals surface area contributed by atoms with Gasteiger partial charge < -0.3 is 10.2 Å². The summed E-state index contributed by atoms with van der Waals surface area (Å²) in [6.45, 7) is 2.02. The fourth-order valence-corrected chi connectivity index (χ4v) is 3.05. The number of nitrogens with one attached hydrogen (secondary N) is 1. The van der Waals surface area contributed by atoms with Gasteiger partial charge in [-0.25, -0.2) is 0 Å². The molecule has 1 heterocycles. The summed E-state index contributed by atoms with van der Waals surface area (Å²) in [5, 5.41) is 2.39. The number of carbonyl (C=O) groups excluding carboxylic acids is 1. The molecule has 0 aromatic heterocycles. The number of nitrogens with zero attached hydrogens (tertiary/aromatic N) is 1. The molecule has 24 heavy (non-hydrogen) atoms. The third-order valence-electron chi connectivity index (χ3n) is 4.17. The van der Waals surface area contributed by atoms with Crippen molar-refractivity contribution >= 4 is 17.3 Å². The Kier molecular flexibility index (Phi) is 4.22. The number of amides is 1. The van der Waals surface area contributed by atoms with Crippen LogP contribution < -0.4 is 10.2 Å². The number of benzene rings is 2. The number of anilines is 2. The Hall–Kier alpha value is -2.50. The van der Waals surface area contributed by atoms with Gasteiger partial charge in [-0.05, 0) is 37.1 Å². The van der Waals surface area contributed by atoms with Crippen molar-refractivity contribution in [3.05, 3.63) is 59.7 Å². The van der Waals surface area contributed by atoms with E-state index < -0.39 is 17.6 Å². The summed E-state index contributed by atoms with van der Waals surface area (Å²) in [6.07, 6.45) is -3.68. The molecule has 1 atom stereocenters. The Bertz CT molecular complexity index is 758. The topological polar surface area (TPSA) is 32.3 Å². The first-order chi connectivity index (χ1) is 11.4. The van der Waals surface area contributed by atoms with Crippen LogP contribution in [0.15, 0.2) is 48.5 Å². The number of para-hydroxylation sites is 2. The van der Waals surface area contributed by atoms with E-state index in [2.05, 4.69) is 5.32 Å². The van der Waals surface area contributed by atoms with Gasteiger partial charge in [0.25, 0.3) is 0 Å². The summed E-state index contributed by atoms with van der Waals surface area (Å²) < 4.78 is 39.0. The second-order valence-corrected chi connectivity index (χ2v) is 5.90. The second-order valence-electron chi connectivity index (χ2n) is 5.90. The largest absolute Gasteiger partial charge is 0.418 e. The zero-order valence-corrected chi connectivity index (χ0v) is 13.1. The van der Waals surface area contributed by atoms with Crippen molar-refractivity contribution in [2.75, 3.05) is 16.8 Å². The summed E-state index contributed by atoms with van der Waals surface area (Å²) in [5.41, 5.74) is 1.06. The molecule has 0 spiro atoms. The Morgan fingerprint density at radius 1 is 1.17 bits per heavy atom. The van der Waals surface area contributed by atoms with E-state index >= 15 is 0 Å². The van der Waals surface area contributed by atoms with Gasteiger partial charge in [-0.3, -0.25) is 4.79 Å². The third kappa shape index (κ3) is 3.22. The normalized spacial score (nSPS) is 16.8. The van der Waals surface area contributed by atoms with Crippen LogP contribution in [0.5, 0.6) is 0 Å². The number of fused-ring (bicyclic) bond motifs is 1. The molecule has 6 heteroatoms. The number of hydrogen-bond acceptors (Lipinski definition) is 2. The molecule has 0 aliphatic carbocycles. The number of rotatable bonds is 3. The highest BCUT2D eigenvalue weighted by Crippen LogP contribution is 2.35. The van der Waals surface area contributed by atoms with Crippen molar-refractivity contribution in [1.29, 1.82) is 0 Å². The number of carbonyl (C=O) groups is 1. The van der Waals surface area contributed by atoms with E-state index in [4.69, 9.17) is 0 Å². The van der Waals surface area contributed by atoms with Gasteiger partial charge in [0.15, 0.2) is 0 Å². The van der Waals surface area contributed by atoms with Crippen molar-refractivity contribution in [2.45, 2.75) is 25.6 Å². The van der Waals surface area contributed by atoms with Crippen molar-refractivity contribution in [3.63, 3.8) is 0 Å². The number of hydrogen-bond donors (Lipinski definition) is 1. The molecule has 1 N–H and O–H groups in total. The van der Waals surface area contributed by atoms with Crippen LogP contribution >= 0.6 is 0 Å². The molecule has 1 aliphatic heterocycles. The summed E-state index contributed by atoms with van der Waals surface area (Å²) in [5.74, 6) is -0.463. The molecule has 0 saturated heterocycles. The lowest BCUT2D eigenvalue weighted by Gasteiger charge is -2.24. The lowest BCUT2D eigenvalue weighted by molar-refractivity contribution is -0.137. The maximum Gasteiger partial charge on any atom is 0.418 e. The first kappa shape index (κ1) is 16.4. The maximum absolute atomic E-state index is 13.0. The highest BCUT2D eigenvalue weighted by atomic mass is 19.4. The van der Waals surface area contributed by atoms with Gasteiger partial charge in [-0.1, -0.05) is 30.3 Å². The molecule has 3 nitrogen and oxygen atoms in total. The monoisotopic (exact) mass is 334 g/mol. The highest BCUT2D eigenvalue weighted by Gasteiger charge is 2.34. The van der Waals surface area contributed by atoms with E-state index in [1.807, 2.05) is 36.1 Å². The van der Waals surface area contributed by atoms with Gasteiger partial charge in [0, 0.05) is 11.7 Å². The standard InChI is InChI=1S/C18H17F3N2O/c1-12-10-13-6-2-5-9-16(13)23(12)11-17(24)22-15-8-4-3-7-14(15)18(19,20)21/h2-9,12H,10-11H2,1H3,(H,22,24)/t12-/m0/s1. The molecule has 0 unspecified atom stereocenters. The fraction of sp³-hybridized carbons (Fsp3) is 0.278. The predicted octanol–water partition coefficient (Wildman–Crippen LogP) is 4.10. The minimum atomic E-state index is -4.50. The van der Waals surface area contributed by atoms with Crippen LogP contribution in [0, 0.1) is 0 Å². The summed E-state index contributed by atoms with van der Waals surface area (Å²) in [7, 11) is 0. The second kappa shape index (κ2) is 6.19. The van der Waals surface area contributed by atoms with Crippen LogP contribution in [0.3, 0.4) is 0 Å². The van der Waals surface area contributed by atoms with E-state index in [9.17, 15) is 18.0 Å². The van der Waals surface area contributed by atoms with Gasteiger partial charge in [-0.15, -0.1) is 0 Å². The zero-order chi connectivity index (χ0) is 17.3. The molecular weight excluding hydrogens is 317 g/mol. The molecule has 3 rings (SSSR count). The van der Waals surface area contributed by atoms with Crippen molar-refractivity contribution in [3.8, 4) is 0 Å². The van der Waals surface area contributed by atoms with E-state index in [0.717, 1.165) is 23.7 Å². The molecule has 1 amide bonds. The average Bonchev–Trinajstić information content (AvgIpc) is 2.83. The van der Waals surface area contributed by atoms with Crippen molar-refractivity contribution in [2.24, 2.45) is 0 Å². The Morgan fingerprint density at radius 3 is 2.58 bits per heavy atom. The molecule has 2 aromatic rings. The molecule has 2 aromatic carbocycles.